The summed E-state index contributed by atoms with van der Waals surface area (Å²) >= 11 is 0. The summed E-state index contributed by atoms with van der Waals surface area (Å²) in [6, 6.07) is 7.18. The van der Waals surface area contributed by atoms with Crippen LogP contribution in [0, 0.1) is 5.92 Å². The maximum absolute atomic E-state index is 14.0. The molecule has 10 nitrogen and oxygen atoms in total. The van der Waals surface area contributed by atoms with Gasteiger partial charge < -0.3 is 20.6 Å². The maximum Gasteiger partial charge on any atom is 0.389 e. The van der Waals surface area contributed by atoms with Gasteiger partial charge in [-0.1, -0.05) is 6.07 Å². The van der Waals surface area contributed by atoms with E-state index in [-0.39, 0.29) is 54.3 Å². The molecule has 0 spiro atoms. The minimum absolute atomic E-state index is 0.0360. The lowest BCUT2D eigenvalue weighted by Gasteiger charge is -2.33. The maximum atomic E-state index is 14.0. The smallest absolute Gasteiger partial charge is 0.369 e. The van der Waals surface area contributed by atoms with Crippen LogP contribution in [-0.2, 0) is 9.59 Å². The minimum Gasteiger partial charge on any atom is -0.369 e. The lowest BCUT2D eigenvalue weighted by Crippen LogP contribution is -2.37. The Morgan fingerprint density at radius 1 is 1.14 bits per heavy atom. The molecule has 3 heterocycles. The van der Waals surface area contributed by atoms with E-state index in [0.717, 1.165) is 6.42 Å². The third kappa shape index (κ3) is 7.49. The minimum atomic E-state index is -4.52. The number of amides is 3. The zero-order valence-corrected chi connectivity index (χ0v) is 23.5. The first-order chi connectivity index (χ1) is 20.8. The Hall–Kier alpha value is -4.14. The number of hydrogen-bond acceptors (Lipinski definition) is 6. The van der Waals surface area contributed by atoms with Crippen molar-refractivity contribution in [1.29, 1.82) is 0 Å². The molecule has 2 aliphatic rings. The standard InChI is InChI=1S/C29H31F5N6O4/c30-28(31)9-6-17(7-10-28)25(38-26(43)18-3-1-4-20(13-18)39-12-2-5-24(39)42)21-16-40-22(36-21)14-19(15-35-40)27(44)37-23(41)8-11-29(32,33)34/h1,3-4,13-17,25,27,44H,2,5-12H2,(H,37,41)(H,38,43)/t25-,27+/m0/s1. The number of aliphatic hydroxyl groups is 1. The number of fused-ring (bicyclic) bond motifs is 1. The number of rotatable bonds is 9. The van der Waals surface area contributed by atoms with Crippen molar-refractivity contribution < 1.29 is 41.4 Å². The number of imidazole rings is 1. The van der Waals surface area contributed by atoms with Gasteiger partial charge >= 0.3 is 6.18 Å². The quantitative estimate of drug-likeness (QED) is 0.236. The Bertz CT molecular complexity index is 1530. The molecule has 2 fully saturated rings. The van der Waals surface area contributed by atoms with E-state index in [1.165, 1.54) is 23.0 Å². The van der Waals surface area contributed by atoms with Crippen molar-refractivity contribution in [3.05, 3.63) is 59.5 Å². The fourth-order valence-corrected chi connectivity index (χ4v) is 5.56. The molecule has 3 N–H and O–H groups in total. The van der Waals surface area contributed by atoms with Crippen LogP contribution in [0.3, 0.4) is 0 Å². The van der Waals surface area contributed by atoms with E-state index < -0.39 is 49.0 Å². The summed E-state index contributed by atoms with van der Waals surface area (Å²) in [5.41, 5.74) is 1.44. The highest BCUT2D eigenvalue weighted by Crippen LogP contribution is 2.41. The van der Waals surface area contributed by atoms with Crippen LogP contribution in [-0.4, -0.2) is 56.1 Å². The molecule has 1 aromatic carbocycles. The monoisotopic (exact) mass is 622 g/mol. The molecule has 5 rings (SSSR count). The lowest BCUT2D eigenvalue weighted by atomic mass is 9.81. The van der Waals surface area contributed by atoms with Gasteiger partial charge in [0.15, 0.2) is 11.9 Å². The fourth-order valence-electron chi connectivity index (χ4n) is 5.56. The molecular formula is C29H31F5N6O4. The average Bonchev–Trinajstić information content (AvgIpc) is 3.60. The Balaban J connectivity index is 1.37. The van der Waals surface area contributed by atoms with Gasteiger partial charge in [-0.05, 0) is 49.4 Å². The number of aromatic nitrogens is 3. The van der Waals surface area contributed by atoms with Crippen LogP contribution in [0.25, 0.3) is 5.65 Å². The van der Waals surface area contributed by atoms with Gasteiger partial charge in [-0.2, -0.15) is 18.3 Å². The van der Waals surface area contributed by atoms with E-state index in [9.17, 15) is 41.4 Å². The van der Waals surface area contributed by atoms with Gasteiger partial charge in [0.2, 0.25) is 17.7 Å². The molecule has 1 saturated heterocycles. The van der Waals surface area contributed by atoms with Crippen LogP contribution in [0.4, 0.5) is 27.6 Å². The summed E-state index contributed by atoms with van der Waals surface area (Å²) in [7, 11) is 0. The highest BCUT2D eigenvalue weighted by Gasteiger charge is 2.39. The highest BCUT2D eigenvalue weighted by molar-refractivity contribution is 5.99. The second-order valence-electron chi connectivity index (χ2n) is 11.2. The summed E-state index contributed by atoms with van der Waals surface area (Å²) in [5.74, 6) is -4.72. The summed E-state index contributed by atoms with van der Waals surface area (Å²) < 4.78 is 66.6. The Labute approximate surface area is 248 Å². The number of nitrogens with zero attached hydrogens (tertiary/aromatic N) is 4. The van der Waals surface area contributed by atoms with Crippen molar-refractivity contribution in [2.75, 3.05) is 11.4 Å². The van der Waals surface area contributed by atoms with Gasteiger partial charge in [-0.15, -0.1) is 0 Å². The summed E-state index contributed by atoms with van der Waals surface area (Å²) in [5, 5.41) is 19.5. The molecule has 1 aliphatic heterocycles. The molecule has 1 aliphatic carbocycles. The molecule has 44 heavy (non-hydrogen) atoms. The fraction of sp³-hybridized carbons (Fsp3) is 0.483. The number of halogens is 5. The number of carbonyl (C=O) groups is 3. The van der Waals surface area contributed by atoms with E-state index in [4.69, 9.17) is 0 Å². The third-order valence-corrected chi connectivity index (χ3v) is 7.94. The molecule has 3 aromatic rings. The van der Waals surface area contributed by atoms with Gasteiger partial charge in [0.05, 0.1) is 30.6 Å². The predicted octanol–water partition coefficient (Wildman–Crippen LogP) is 4.60. The SMILES string of the molecule is O=C(CCC(F)(F)F)N[C@H](O)c1cnn2cc([C@@H](NC(=O)c3cccc(N4CCCC4=O)c3)C3CCC(F)(F)CC3)nc2c1. The number of anilines is 1. The van der Waals surface area contributed by atoms with Gasteiger partial charge in [-0.25, -0.2) is 18.3 Å². The summed E-state index contributed by atoms with van der Waals surface area (Å²) in [4.78, 5) is 43.7. The van der Waals surface area contributed by atoms with Gasteiger partial charge in [0.1, 0.15) is 0 Å². The van der Waals surface area contributed by atoms with E-state index in [1.54, 1.807) is 29.2 Å². The number of benzene rings is 1. The van der Waals surface area contributed by atoms with E-state index in [1.807, 2.05) is 0 Å². The average molecular weight is 623 g/mol. The van der Waals surface area contributed by atoms with Crippen LogP contribution in [0.15, 0.2) is 42.7 Å². The number of carbonyl (C=O) groups excluding carboxylic acids is 3. The van der Waals surface area contributed by atoms with Crippen molar-refractivity contribution >= 4 is 29.1 Å². The molecule has 2 atom stereocenters. The largest absolute Gasteiger partial charge is 0.389 e. The third-order valence-electron chi connectivity index (χ3n) is 7.94. The van der Waals surface area contributed by atoms with Crippen LogP contribution < -0.4 is 15.5 Å². The molecule has 15 heteroatoms. The molecule has 2 aromatic heterocycles. The zero-order chi connectivity index (χ0) is 31.6. The number of alkyl halides is 5. The van der Waals surface area contributed by atoms with E-state index >= 15 is 0 Å². The number of nitrogens with one attached hydrogen (secondary N) is 2. The molecule has 0 unspecified atom stereocenters. The number of aliphatic hydroxyl groups excluding tert-OH is 1. The molecule has 1 saturated carbocycles. The molecule has 0 radical (unpaired) electrons. The first-order valence-corrected chi connectivity index (χ1v) is 14.3. The van der Waals surface area contributed by atoms with Crippen molar-refractivity contribution in [3.63, 3.8) is 0 Å². The van der Waals surface area contributed by atoms with E-state index in [2.05, 4.69) is 20.7 Å². The second-order valence-corrected chi connectivity index (χ2v) is 11.2. The Kier molecular flexibility index (Phi) is 8.86. The Morgan fingerprint density at radius 2 is 1.89 bits per heavy atom. The normalized spacial score (nSPS) is 18.8. The van der Waals surface area contributed by atoms with Crippen LogP contribution in [0.5, 0.6) is 0 Å². The van der Waals surface area contributed by atoms with Crippen molar-refractivity contribution in [1.82, 2.24) is 25.2 Å². The van der Waals surface area contributed by atoms with Crippen molar-refractivity contribution in [2.24, 2.45) is 5.92 Å². The van der Waals surface area contributed by atoms with Crippen molar-refractivity contribution in [2.45, 2.75) is 75.7 Å². The van der Waals surface area contributed by atoms with Crippen molar-refractivity contribution in [3.8, 4) is 0 Å². The first-order valence-electron chi connectivity index (χ1n) is 14.3. The second kappa shape index (κ2) is 12.5. The topological polar surface area (TPSA) is 129 Å². The van der Waals surface area contributed by atoms with Crippen LogP contribution >= 0.6 is 0 Å². The van der Waals surface area contributed by atoms with Crippen LogP contribution in [0.1, 0.15) is 85.3 Å². The van der Waals surface area contributed by atoms with Gasteiger partial charge in [-0.3, -0.25) is 14.4 Å². The molecular weight excluding hydrogens is 591 g/mol. The van der Waals surface area contributed by atoms with E-state index in [0.29, 0.717) is 24.3 Å². The number of hydrogen-bond donors (Lipinski definition) is 3. The summed E-state index contributed by atoms with van der Waals surface area (Å²) in [6.45, 7) is 0.547. The zero-order valence-electron chi connectivity index (χ0n) is 23.5. The molecule has 236 valence electrons. The van der Waals surface area contributed by atoms with Gasteiger partial charge in [0.25, 0.3) is 5.91 Å². The van der Waals surface area contributed by atoms with Crippen LogP contribution in [0.2, 0.25) is 0 Å². The first kappa shape index (κ1) is 31.3. The Morgan fingerprint density at radius 3 is 2.57 bits per heavy atom. The van der Waals surface area contributed by atoms with Gasteiger partial charge in [0, 0.05) is 49.0 Å². The lowest BCUT2D eigenvalue weighted by molar-refractivity contribution is -0.145. The highest BCUT2D eigenvalue weighted by atomic mass is 19.4. The molecule has 3 amide bonds. The molecule has 0 bridgehead atoms. The predicted molar refractivity (Wildman–Crippen MR) is 147 cm³/mol. The summed E-state index contributed by atoms with van der Waals surface area (Å²) in [6.07, 6.45) is -4.98.